The van der Waals surface area contributed by atoms with Crippen molar-refractivity contribution in [1.29, 1.82) is 0 Å². The van der Waals surface area contributed by atoms with Crippen molar-refractivity contribution in [2.24, 2.45) is 17.1 Å². The highest BCUT2D eigenvalue weighted by atomic mass is 19.1. The van der Waals surface area contributed by atoms with Gasteiger partial charge in [-0.05, 0) is 41.3 Å². The highest BCUT2D eigenvalue weighted by Crippen LogP contribution is 2.41. The minimum atomic E-state index is -1.26. The van der Waals surface area contributed by atoms with Crippen LogP contribution in [0.15, 0.2) is 72.8 Å². The van der Waals surface area contributed by atoms with Crippen LogP contribution in [-0.2, 0) is 27.5 Å². The summed E-state index contributed by atoms with van der Waals surface area (Å²) in [4.78, 5) is 44.1. The van der Waals surface area contributed by atoms with Gasteiger partial charge >= 0.3 is 0 Å². The summed E-state index contributed by atoms with van der Waals surface area (Å²) in [6.07, 6.45) is -0.363. The van der Waals surface area contributed by atoms with E-state index in [1.165, 1.54) is 11.0 Å². The fourth-order valence-corrected chi connectivity index (χ4v) is 4.52. The molecular weight excluding hydrogens is 483 g/mol. The molecule has 0 radical (unpaired) electrons. The van der Waals surface area contributed by atoms with Crippen LogP contribution in [0.1, 0.15) is 38.3 Å². The Hall–Kier alpha value is -4.04. The molecule has 1 atom stereocenters. The standard InChI is InChI=1S/C30H33FN4O3/c1-30(2,3)19-34-25-10-6-7-11-26(25)35(22-14-12-20(17-32)13-15-22)29(38)23(28(34)37)16-27(36)33-18-21-8-4-5-9-24(21)31/h4-15,23H,16-19,32H2,1-3H3,(H,33,36). The number of nitrogens with one attached hydrogen (secondary N) is 1. The lowest BCUT2D eigenvalue weighted by molar-refractivity contribution is -0.136. The van der Waals surface area contributed by atoms with Gasteiger partial charge in [-0.2, -0.15) is 0 Å². The van der Waals surface area contributed by atoms with Gasteiger partial charge in [0.2, 0.25) is 17.7 Å². The smallest absolute Gasteiger partial charge is 0.244 e. The second-order valence-corrected chi connectivity index (χ2v) is 10.6. The van der Waals surface area contributed by atoms with Crippen LogP contribution in [0.2, 0.25) is 0 Å². The molecule has 0 aliphatic carbocycles. The van der Waals surface area contributed by atoms with E-state index in [1.54, 1.807) is 41.3 Å². The van der Waals surface area contributed by atoms with Crippen molar-refractivity contribution in [3.8, 4) is 0 Å². The van der Waals surface area contributed by atoms with Crippen LogP contribution >= 0.6 is 0 Å². The molecule has 0 bridgehead atoms. The second-order valence-electron chi connectivity index (χ2n) is 10.6. The number of nitrogens with zero attached hydrogens (tertiary/aromatic N) is 2. The Bertz CT molecular complexity index is 1330. The molecule has 4 rings (SSSR count). The average Bonchev–Trinajstić information content (AvgIpc) is 2.97. The van der Waals surface area contributed by atoms with Gasteiger partial charge in [-0.25, -0.2) is 4.39 Å². The first-order valence-electron chi connectivity index (χ1n) is 12.6. The monoisotopic (exact) mass is 516 g/mol. The Morgan fingerprint density at radius 2 is 1.55 bits per heavy atom. The molecule has 3 aromatic carbocycles. The predicted octanol–water partition coefficient (Wildman–Crippen LogP) is 4.66. The van der Waals surface area contributed by atoms with E-state index >= 15 is 0 Å². The molecule has 1 aliphatic rings. The van der Waals surface area contributed by atoms with E-state index < -0.39 is 29.5 Å². The van der Waals surface area contributed by atoms with Crippen molar-refractivity contribution in [3.63, 3.8) is 0 Å². The molecule has 1 heterocycles. The summed E-state index contributed by atoms with van der Waals surface area (Å²) in [5.41, 5.74) is 8.43. The molecule has 3 aromatic rings. The normalized spacial score (nSPS) is 15.8. The van der Waals surface area contributed by atoms with E-state index in [9.17, 15) is 18.8 Å². The molecule has 38 heavy (non-hydrogen) atoms. The van der Waals surface area contributed by atoms with Crippen LogP contribution in [0.5, 0.6) is 0 Å². The number of hydrogen-bond acceptors (Lipinski definition) is 4. The Labute approximate surface area is 222 Å². The number of para-hydroxylation sites is 2. The van der Waals surface area contributed by atoms with Gasteiger partial charge in [0.05, 0.1) is 11.4 Å². The van der Waals surface area contributed by atoms with Crippen LogP contribution in [0.4, 0.5) is 21.5 Å². The minimum Gasteiger partial charge on any atom is -0.352 e. The summed E-state index contributed by atoms with van der Waals surface area (Å²) in [6, 6.07) is 20.6. The number of nitrogens with two attached hydrogens (primary N) is 1. The van der Waals surface area contributed by atoms with Crippen LogP contribution < -0.4 is 20.9 Å². The third-order valence-corrected chi connectivity index (χ3v) is 6.38. The Kier molecular flexibility index (Phi) is 7.92. The number of benzene rings is 3. The molecule has 3 N–H and O–H groups in total. The predicted molar refractivity (Wildman–Crippen MR) is 146 cm³/mol. The Morgan fingerprint density at radius 1 is 0.921 bits per heavy atom. The van der Waals surface area contributed by atoms with Gasteiger partial charge in [-0.15, -0.1) is 0 Å². The van der Waals surface area contributed by atoms with E-state index in [4.69, 9.17) is 5.73 Å². The van der Waals surface area contributed by atoms with Gasteiger partial charge in [0.1, 0.15) is 11.7 Å². The zero-order valence-corrected chi connectivity index (χ0v) is 21.9. The molecular formula is C30H33FN4O3. The van der Waals surface area contributed by atoms with E-state index in [1.807, 2.05) is 51.1 Å². The fraction of sp³-hybridized carbons (Fsp3) is 0.300. The number of halogens is 1. The van der Waals surface area contributed by atoms with Crippen molar-refractivity contribution in [3.05, 3.63) is 89.7 Å². The van der Waals surface area contributed by atoms with Crippen LogP contribution in [0.25, 0.3) is 0 Å². The lowest BCUT2D eigenvalue weighted by atomic mass is 9.94. The number of fused-ring (bicyclic) bond motifs is 1. The molecule has 7 nitrogen and oxygen atoms in total. The summed E-state index contributed by atoms with van der Waals surface area (Å²) < 4.78 is 14.0. The molecule has 3 amide bonds. The molecule has 8 heteroatoms. The van der Waals surface area contributed by atoms with Crippen molar-refractivity contribution in [2.75, 3.05) is 16.3 Å². The summed E-state index contributed by atoms with van der Waals surface area (Å²) in [5, 5.41) is 2.67. The molecule has 1 aliphatic heterocycles. The average molecular weight is 517 g/mol. The maximum Gasteiger partial charge on any atom is 0.244 e. The molecule has 0 fully saturated rings. The number of carbonyl (C=O) groups is 3. The quantitative estimate of drug-likeness (QED) is 0.447. The molecule has 0 spiro atoms. The van der Waals surface area contributed by atoms with Gasteiger partial charge in [0, 0.05) is 37.3 Å². The van der Waals surface area contributed by atoms with Crippen molar-refractivity contribution in [2.45, 2.75) is 40.3 Å². The topological polar surface area (TPSA) is 95.7 Å². The van der Waals surface area contributed by atoms with E-state index in [-0.39, 0.29) is 18.4 Å². The van der Waals surface area contributed by atoms with E-state index in [2.05, 4.69) is 5.32 Å². The lowest BCUT2D eigenvalue weighted by Gasteiger charge is -2.31. The van der Waals surface area contributed by atoms with Gasteiger partial charge in [-0.1, -0.05) is 63.2 Å². The highest BCUT2D eigenvalue weighted by molar-refractivity contribution is 6.21. The second kappa shape index (κ2) is 11.1. The van der Waals surface area contributed by atoms with Crippen molar-refractivity contribution >= 4 is 34.8 Å². The minimum absolute atomic E-state index is 0.0448. The van der Waals surface area contributed by atoms with Crippen LogP contribution in [-0.4, -0.2) is 24.3 Å². The summed E-state index contributed by atoms with van der Waals surface area (Å²) in [7, 11) is 0. The SMILES string of the molecule is CC(C)(C)CN1C(=O)C(CC(=O)NCc2ccccc2F)C(=O)N(c2ccc(CN)cc2)c2ccccc21. The van der Waals surface area contributed by atoms with E-state index in [0.29, 0.717) is 35.7 Å². The van der Waals surface area contributed by atoms with Gasteiger partial charge in [-0.3, -0.25) is 19.3 Å². The Balaban J connectivity index is 1.72. The first-order valence-corrected chi connectivity index (χ1v) is 12.6. The molecule has 198 valence electrons. The number of amides is 3. The number of hydrogen-bond donors (Lipinski definition) is 2. The summed E-state index contributed by atoms with van der Waals surface area (Å²) in [6.45, 7) is 6.69. The maximum absolute atomic E-state index is 14.1. The van der Waals surface area contributed by atoms with Crippen LogP contribution in [0.3, 0.4) is 0 Å². The van der Waals surface area contributed by atoms with Gasteiger partial charge < -0.3 is 16.0 Å². The van der Waals surface area contributed by atoms with E-state index in [0.717, 1.165) is 5.56 Å². The molecule has 0 saturated heterocycles. The van der Waals surface area contributed by atoms with Gasteiger partial charge in [0.25, 0.3) is 0 Å². The third kappa shape index (κ3) is 5.92. The largest absolute Gasteiger partial charge is 0.352 e. The van der Waals surface area contributed by atoms with Crippen molar-refractivity contribution in [1.82, 2.24) is 5.32 Å². The summed E-state index contributed by atoms with van der Waals surface area (Å²) in [5.74, 6) is -3.16. The van der Waals surface area contributed by atoms with Crippen molar-refractivity contribution < 1.29 is 18.8 Å². The number of rotatable bonds is 7. The fourth-order valence-electron chi connectivity index (χ4n) is 4.52. The van der Waals surface area contributed by atoms with Crippen LogP contribution in [0, 0.1) is 17.2 Å². The molecule has 0 aromatic heterocycles. The first kappa shape index (κ1) is 27.0. The number of carbonyl (C=O) groups excluding carboxylic acids is 3. The summed E-state index contributed by atoms with van der Waals surface area (Å²) >= 11 is 0. The maximum atomic E-state index is 14.1. The highest BCUT2D eigenvalue weighted by Gasteiger charge is 2.42. The zero-order valence-electron chi connectivity index (χ0n) is 21.9. The third-order valence-electron chi connectivity index (χ3n) is 6.38. The molecule has 0 saturated carbocycles. The first-order chi connectivity index (χ1) is 18.1. The molecule has 1 unspecified atom stereocenters. The Morgan fingerprint density at radius 3 is 2.18 bits per heavy atom. The van der Waals surface area contributed by atoms with Gasteiger partial charge in [0.15, 0.2) is 0 Å². The lowest BCUT2D eigenvalue weighted by Crippen LogP contribution is -2.45. The number of anilines is 3. The zero-order chi connectivity index (χ0) is 27.4.